The van der Waals surface area contributed by atoms with E-state index >= 15 is 0 Å². The molecule has 3 atom stereocenters. The SMILES string of the molecule is CC(=O)NC[C@]1(c2ccccc2)CC[C@@H](O)[C@H](N(C)C(=O)CCC(N)=O)CC1. The maximum Gasteiger partial charge on any atom is 0.223 e. The summed E-state index contributed by atoms with van der Waals surface area (Å²) in [6.07, 6.45) is 1.95. The fourth-order valence-electron chi connectivity index (χ4n) is 4.05. The number of primary amides is 1. The van der Waals surface area contributed by atoms with E-state index in [1.54, 1.807) is 11.9 Å². The highest BCUT2D eigenvalue weighted by atomic mass is 16.3. The van der Waals surface area contributed by atoms with E-state index in [4.69, 9.17) is 5.73 Å². The van der Waals surface area contributed by atoms with E-state index in [0.717, 1.165) is 12.0 Å². The second kappa shape index (κ2) is 9.68. The monoisotopic (exact) mass is 389 g/mol. The van der Waals surface area contributed by atoms with Gasteiger partial charge in [0.05, 0.1) is 12.1 Å². The first-order valence-electron chi connectivity index (χ1n) is 9.77. The number of aliphatic hydroxyl groups excluding tert-OH is 1. The molecule has 1 aromatic rings. The van der Waals surface area contributed by atoms with Crippen molar-refractivity contribution in [2.24, 2.45) is 5.73 Å². The zero-order valence-electron chi connectivity index (χ0n) is 16.7. The van der Waals surface area contributed by atoms with Crippen molar-refractivity contribution >= 4 is 17.7 Å². The van der Waals surface area contributed by atoms with Gasteiger partial charge in [0.15, 0.2) is 0 Å². The maximum absolute atomic E-state index is 12.4. The van der Waals surface area contributed by atoms with Gasteiger partial charge in [-0.1, -0.05) is 30.3 Å². The minimum absolute atomic E-state index is 0.00245. The number of hydrogen-bond acceptors (Lipinski definition) is 4. The highest BCUT2D eigenvalue weighted by Gasteiger charge is 2.39. The van der Waals surface area contributed by atoms with Crippen molar-refractivity contribution in [3.8, 4) is 0 Å². The average Bonchev–Trinajstić information content (AvgIpc) is 2.84. The Kier molecular flexibility index (Phi) is 7.57. The molecule has 1 fully saturated rings. The van der Waals surface area contributed by atoms with Gasteiger partial charge in [-0.3, -0.25) is 14.4 Å². The number of carbonyl (C=O) groups excluding carboxylic acids is 3. The third kappa shape index (κ3) is 5.55. The molecule has 0 saturated heterocycles. The van der Waals surface area contributed by atoms with Crippen LogP contribution in [0.1, 0.15) is 51.0 Å². The molecule has 0 unspecified atom stereocenters. The summed E-state index contributed by atoms with van der Waals surface area (Å²) < 4.78 is 0. The molecule has 2 rings (SSSR count). The summed E-state index contributed by atoms with van der Waals surface area (Å²) in [5.74, 6) is -0.797. The third-order valence-corrected chi connectivity index (χ3v) is 5.82. The van der Waals surface area contributed by atoms with Crippen LogP contribution in [-0.2, 0) is 19.8 Å². The second-order valence-electron chi connectivity index (χ2n) is 7.74. The van der Waals surface area contributed by atoms with Gasteiger partial charge in [-0.15, -0.1) is 0 Å². The lowest BCUT2D eigenvalue weighted by molar-refractivity contribution is -0.136. The first kappa shape index (κ1) is 21.9. The predicted octanol–water partition coefficient (Wildman–Crippen LogP) is 1.09. The Morgan fingerprint density at radius 2 is 1.82 bits per heavy atom. The number of nitrogens with zero attached hydrogens (tertiary/aromatic N) is 1. The van der Waals surface area contributed by atoms with E-state index in [2.05, 4.69) is 17.4 Å². The van der Waals surface area contributed by atoms with Crippen LogP contribution in [0.4, 0.5) is 0 Å². The summed E-state index contributed by atoms with van der Waals surface area (Å²) >= 11 is 0. The molecular formula is C21H31N3O4. The van der Waals surface area contributed by atoms with Gasteiger partial charge >= 0.3 is 0 Å². The Morgan fingerprint density at radius 1 is 1.18 bits per heavy atom. The molecule has 1 aliphatic rings. The summed E-state index contributed by atoms with van der Waals surface area (Å²) in [6, 6.07) is 9.68. The van der Waals surface area contributed by atoms with Crippen molar-refractivity contribution in [1.29, 1.82) is 0 Å². The van der Waals surface area contributed by atoms with Crippen LogP contribution in [0.2, 0.25) is 0 Å². The summed E-state index contributed by atoms with van der Waals surface area (Å²) in [4.78, 5) is 36.5. The molecule has 0 bridgehead atoms. The highest BCUT2D eigenvalue weighted by molar-refractivity contribution is 5.83. The number of nitrogens with two attached hydrogens (primary N) is 1. The number of amides is 3. The van der Waals surface area contributed by atoms with E-state index in [9.17, 15) is 19.5 Å². The Bertz CT molecular complexity index is 694. The lowest BCUT2D eigenvalue weighted by Gasteiger charge is -2.34. The number of carbonyl (C=O) groups is 3. The van der Waals surface area contributed by atoms with Crippen LogP contribution in [-0.4, -0.2) is 53.5 Å². The summed E-state index contributed by atoms with van der Waals surface area (Å²) in [6.45, 7) is 1.99. The summed E-state index contributed by atoms with van der Waals surface area (Å²) in [7, 11) is 1.67. The van der Waals surface area contributed by atoms with Gasteiger partial charge in [-0.25, -0.2) is 0 Å². The van der Waals surface area contributed by atoms with Crippen molar-refractivity contribution in [3.05, 3.63) is 35.9 Å². The molecule has 0 aromatic heterocycles. The zero-order chi connectivity index (χ0) is 20.7. The third-order valence-electron chi connectivity index (χ3n) is 5.82. The molecule has 1 saturated carbocycles. The summed E-state index contributed by atoms with van der Waals surface area (Å²) in [5.41, 5.74) is 5.97. The van der Waals surface area contributed by atoms with Crippen LogP contribution in [0.5, 0.6) is 0 Å². The minimum atomic E-state index is -0.662. The lowest BCUT2D eigenvalue weighted by Crippen LogP contribution is -2.44. The molecule has 0 heterocycles. The molecule has 4 N–H and O–H groups in total. The van der Waals surface area contributed by atoms with Gasteiger partial charge in [0.2, 0.25) is 17.7 Å². The molecule has 7 heteroatoms. The average molecular weight is 389 g/mol. The van der Waals surface area contributed by atoms with E-state index in [1.807, 2.05) is 18.2 Å². The van der Waals surface area contributed by atoms with Crippen molar-refractivity contribution in [2.45, 2.75) is 63.0 Å². The van der Waals surface area contributed by atoms with Gasteiger partial charge in [-0.05, 0) is 31.2 Å². The van der Waals surface area contributed by atoms with Crippen molar-refractivity contribution in [3.63, 3.8) is 0 Å². The van der Waals surface area contributed by atoms with Crippen molar-refractivity contribution < 1.29 is 19.5 Å². The minimum Gasteiger partial charge on any atom is -0.391 e. The van der Waals surface area contributed by atoms with Crippen molar-refractivity contribution in [1.82, 2.24) is 10.2 Å². The maximum atomic E-state index is 12.4. The molecule has 0 aliphatic heterocycles. The van der Waals surface area contributed by atoms with Gasteiger partial charge in [0, 0.05) is 38.8 Å². The Morgan fingerprint density at radius 3 is 2.43 bits per heavy atom. The number of benzene rings is 1. The normalized spacial score (nSPS) is 24.8. The summed E-state index contributed by atoms with van der Waals surface area (Å²) in [5, 5.41) is 13.7. The number of aliphatic hydroxyl groups is 1. The lowest BCUT2D eigenvalue weighted by atomic mass is 9.74. The van der Waals surface area contributed by atoms with Gasteiger partial charge in [0.25, 0.3) is 0 Å². The van der Waals surface area contributed by atoms with E-state index in [1.165, 1.54) is 6.92 Å². The van der Waals surface area contributed by atoms with Crippen LogP contribution < -0.4 is 11.1 Å². The molecule has 1 aromatic carbocycles. The standard InChI is InChI=1S/C21H31N3O4/c1-15(25)23-14-21(16-6-4-3-5-7-16)12-10-17(18(26)11-13-21)24(2)20(28)9-8-19(22)27/h3-7,17-18,26H,8-14H2,1-2H3,(H2,22,27)(H,23,25)/t17-,18-,21-/m1/s1. The topological polar surface area (TPSA) is 113 Å². The quantitative estimate of drug-likeness (QED) is 0.606. The molecule has 28 heavy (non-hydrogen) atoms. The molecule has 0 radical (unpaired) electrons. The smallest absolute Gasteiger partial charge is 0.223 e. The zero-order valence-corrected chi connectivity index (χ0v) is 16.7. The Labute approximate surface area is 166 Å². The van der Waals surface area contributed by atoms with E-state index in [0.29, 0.717) is 25.8 Å². The van der Waals surface area contributed by atoms with Crippen molar-refractivity contribution in [2.75, 3.05) is 13.6 Å². The van der Waals surface area contributed by atoms with Gasteiger partial charge in [0.1, 0.15) is 0 Å². The van der Waals surface area contributed by atoms with Crippen LogP contribution in [0, 0.1) is 0 Å². The van der Waals surface area contributed by atoms with Gasteiger partial charge in [-0.2, -0.15) is 0 Å². The number of rotatable bonds is 7. The number of hydrogen-bond donors (Lipinski definition) is 3. The molecule has 1 aliphatic carbocycles. The Hall–Kier alpha value is -2.41. The highest BCUT2D eigenvalue weighted by Crippen LogP contribution is 2.39. The van der Waals surface area contributed by atoms with Crippen LogP contribution in [0.3, 0.4) is 0 Å². The van der Waals surface area contributed by atoms with Crippen LogP contribution in [0.15, 0.2) is 30.3 Å². The molecule has 3 amide bonds. The van der Waals surface area contributed by atoms with E-state index in [-0.39, 0.29) is 36.1 Å². The molecule has 7 nitrogen and oxygen atoms in total. The second-order valence-corrected chi connectivity index (χ2v) is 7.74. The Balaban J connectivity index is 2.19. The van der Waals surface area contributed by atoms with Crippen LogP contribution in [0.25, 0.3) is 0 Å². The number of likely N-dealkylation sites (N-methyl/N-ethyl adjacent to an activating group) is 1. The fourth-order valence-corrected chi connectivity index (χ4v) is 4.05. The largest absolute Gasteiger partial charge is 0.391 e. The molecule has 0 spiro atoms. The van der Waals surface area contributed by atoms with Crippen LogP contribution >= 0.6 is 0 Å². The molecular weight excluding hydrogens is 358 g/mol. The first-order chi connectivity index (χ1) is 13.2. The molecule has 154 valence electrons. The first-order valence-corrected chi connectivity index (χ1v) is 9.77. The predicted molar refractivity (Wildman–Crippen MR) is 106 cm³/mol. The van der Waals surface area contributed by atoms with Gasteiger partial charge < -0.3 is 21.1 Å². The number of nitrogens with one attached hydrogen (secondary N) is 1. The van der Waals surface area contributed by atoms with E-state index < -0.39 is 12.0 Å². The fraction of sp³-hybridized carbons (Fsp3) is 0.571.